The monoisotopic (exact) mass is 439 g/mol. The van der Waals surface area contributed by atoms with E-state index in [1.807, 2.05) is 30.3 Å². The van der Waals surface area contributed by atoms with Gasteiger partial charge in [0.15, 0.2) is 11.5 Å². The summed E-state index contributed by atoms with van der Waals surface area (Å²) in [5.41, 5.74) is 5.96. The number of methoxy groups -OCH3 is 1. The number of benzene rings is 3. The molecular weight excluding hydrogens is 421 g/mol. The first-order valence-corrected chi connectivity index (χ1v) is 9.85. The summed E-state index contributed by atoms with van der Waals surface area (Å²) in [5.74, 6) is 1.15. The Morgan fingerprint density at radius 2 is 1.80 bits per heavy atom. The molecule has 0 aliphatic heterocycles. The van der Waals surface area contributed by atoms with E-state index in [-0.39, 0.29) is 6.61 Å². The molecule has 0 heterocycles. The molecule has 0 bridgehead atoms. The Hall–Kier alpha value is -3.20. The first-order valence-electron chi connectivity index (χ1n) is 9.10. The summed E-state index contributed by atoms with van der Waals surface area (Å²) in [5, 5.41) is 14.6. The summed E-state index contributed by atoms with van der Waals surface area (Å²) in [6.45, 7) is 0.680. The normalized spacial score (nSPS) is 10.6. The fourth-order valence-corrected chi connectivity index (χ4v) is 3.27. The number of rotatable bonds is 8. The van der Waals surface area contributed by atoms with E-state index >= 15 is 0 Å². The molecule has 0 aliphatic carbocycles. The van der Waals surface area contributed by atoms with Gasteiger partial charge in [-0.05, 0) is 42.0 Å². The van der Waals surface area contributed by atoms with Gasteiger partial charge in [-0.15, -0.1) is 0 Å². The minimum Gasteiger partial charge on any atom is -0.493 e. The van der Waals surface area contributed by atoms with Crippen LogP contribution >= 0.6 is 23.2 Å². The molecule has 0 amide bonds. The molecule has 3 aromatic carbocycles. The standard InChI is InChI=1S/C23H19Cl2N3O2/c1-29-23-11-16(13-27-28-14-19-20(24)7-4-8-21(19)25)9-10-22(23)30-15-18-6-3-2-5-17(18)12-26/h2-11,13,28H,14-15H2,1H3/b27-13-. The molecule has 3 rings (SSSR count). The summed E-state index contributed by atoms with van der Waals surface area (Å²) in [7, 11) is 1.57. The highest BCUT2D eigenvalue weighted by atomic mass is 35.5. The number of nitrogens with one attached hydrogen (secondary N) is 1. The van der Waals surface area contributed by atoms with Gasteiger partial charge in [-0.3, -0.25) is 0 Å². The van der Waals surface area contributed by atoms with Crippen molar-refractivity contribution in [3.63, 3.8) is 0 Å². The van der Waals surface area contributed by atoms with Crippen molar-refractivity contribution in [2.75, 3.05) is 7.11 Å². The smallest absolute Gasteiger partial charge is 0.161 e. The van der Waals surface area contributed by atoms with Crippen LogP contribution < -0.4 is 14.9 Å². The highest BCUT2D eigenvalue weighted by molar-refractivity contribution is 6.35. The van der Waals surface area contributed by atoms with E-state index in [2.05, 4.69) is 16.6 Å². The zero-order chi connectivity index (χ0) is 21.3. The van der Waals surface area contributed by atoms with E-state index in [1.165, 1.54) is 0 Å². The number of hydrogen-bond donors (Lipinski definition) is 1. The fourth-order valence-electron chi connectivity index (χ4n) is 2.74. The highest BCUT2D eigenvalue weighted by Gasteiger charge is 2.08. The first-order chi connectivity index (χ1) is 14.6. The van der Waals surface area contributed by atoms with Crippen LogP contribution in [0.15, 0.2) is 65.8 Å². The molecule has 0 aromatic heterocycles. The van der Waals surface area contributed by atoms with Gasteiger partial charge >= 0.3 is 0 Å². The van der Waals surface area contributed by atoms with Gasteiger partial charge in [-0.1, -0.05) is 47.5 Å². The fraction of sp³-hybridized carbons (Fsp3) is 0.130. The molecule has 0 fully saturated rings. The molecule has 30 heavy (non-hydrogen) atoms. The average molecular weight is 440 g/mol. The van der Waals surface area contributed by atoms with Crippen molar-refractivity contribution in [1.29, 1.82) is 5.26 Å². The van der Waals surface area contributed by atoms with Crippen LogP contribution in [0.2, 0.25) is 10.0 Å². The lowest BCUT2D eigenvalue weighted by Gasteiger charge is -2.12. The van der Waals surface area contributed by atoms with E-state index < -0.39 is 0 Å². The Kier molecular flexibility index (Phi) is 7.56. The minimum atomic E-state index is 0.272. The summed E-state index contributed by atoms with van der Waals surface area (Å²) >= 11 is 12.3. The Labute approximate surface area is 185 Å². The van der Waals surface area contributed by atoms with Gasteiger partial charge in [-0.2, -0.15) is 10.4 Å². The average Bonchev–Trinajstić information content (AvgIpc) is 2.77. The van der Waals surface area contributed by atoms with Gasteiger partial charge in [-0.25, -0.2) is 0 Å². The van der Waals surface area contributed by atoms with Gasteiger partial charge in [0.05, 0.1) is 31.5 Å². The molecule has 0 spiro atoms. The summed E-state index contributed by atoms with van der Waals surface area (Å²) in [6, 6.07) is 20.3. The predicted molar refractivity (Wildman–Crippen MR) is 119 cm³/mol. The molecule has 0 atom stereocenters. The van der Waals surface area contributed by atoms with Crippen LogP contribution in [0, 0.1) is 11.3 Å². The SMILES string of the molecule is COc1cc(/C=N\NCc2c(Cl)cccc2Cl)ccc1OCc1ccccc1C#N. The van der Waals surface area contributed by atoms with Crippen LogP contribution in [-0.2, 0) is 13.2 Å². The molecule has 0 saturated heterocycles. The number of nitrogens with zero attached hydrogens (tertiary/aromatic N) is 2. The lowest BCUT2D eigenvalue weighted by molar-refractivity contribution is 0.284. The first kappa shape index (κ1) is 21.5. The van der Waals surface area contributed by atoms with Gasteiger partial charge in [0.1, 0.15) is 6.61 Å². The molecule has 5 nitrogen and oxygen atoms in total. The molecule has 7 heteroatoms. The van der Waals surface area contributed by atoms with Crippen molar-refractivity contribution in [3.05, 3.63) is 93.0 Å². The van der Waals surface area contributed by atoms with Gasteiger partial charge in [0.25, 0.3) is 0 Å². The molecule has 0 aliphatic rings. The molecule has 0 saturated carbocycles. The molecule has 1 N–H and O–H groups in total. The third-order valence-electron chi connectivity index (χ3n) is 4.33. The van der Waals surface area contributed by atoms with Gasteiger partial charge in [0, 0.05) is 21.2 Å². The second kappa shape index (κ2) is 10.5. The third kappa shape index (κ3) is 5.44. The van der Waals surface area contributed by atoms with Crippen molar-refractivity contribution >= 4 is 29.4 Å². The second-order valence-corrected chi connectivity index (χ2v) is 7.08. The Morgan fingerprint density at radius 3 is 2.53 bits per heavy atom. The van der Waals surface area contributed by atoms with E-state index in [0.717, 1.165) is 16.7 Å². The van der Waals surface area contributed by atoms with Crippen molar-refractivity contribution in [3.8, 4) is 17.6 Å². The van der Waals surface area contributed by atoms with Crippen LogP contribution in [-0.4, -0.2) is 13.3 Å². The van der Waals surface area contributed by atoms with Crippen LogP contribution in [0.5, 0.6) is 11.5 Å². The van der Waals surface area contributed by atoms with Gasteiger partial charge in [0.2, 0.25) is 0 Å². The molecule has 0 radical (unpaired) electrons. The Morgan fingerprint density at radius 1 is 1.03 bits per heavy atom. The second-order valence-electron chi connectivity index (χ2n) is 6.26. The van der Waals surface area contributed by atoms with Crippen molar-refractivity contribution in [2.45, 2.75) is 13.2 Å². The number of hydrogen-bond acceptors (Lipinski definition) is 5. The van der Waals surface area contributed by atoms with Crippen LogP contribution in [0.3, 0.4) is 0 Å². The minimum absolute atomic E-state index is 0.272. The summed E-state index contributed by atoms with van der Waals surface area (Å²) in [4.78, 5) is 0. The Bertz CT molecular complexity index is 1070. The van der Waals surface area contributed by atoms with Crippen molar-refractivity contribution < 1.29 is 9.47 Å². The molecule has 3 aromatic rings. The summed E-state index contributed by atoms with van der Waals surface area (Å²) < 4.78 is 11.3. The molecule has 0 unspecified atom stereocenters. The Balaban J connectivity index is 1.64. The zero-order valence-electron chi connectivity index (χ0n) is 16.2. The summed E-state index contributed by atoms with van der Waals surface area (Å²) in [6.07, 6.45) is 1.67. The van der Waals surface area contributed by atoms with E-state index in [1.54, 1.807) is 43.7 Å². The molecular formula is C23H19Cl2N3O2. The number of hydrazone groups is 1. The quantitative estimate of drug-likeness (QED) is 0.367. The van der Waals surface area contributed by atoms with Crippen molar-refractivity contribution in [2.24, 2.45) is 5.10 Å². The van der Waals surface area contributed by atoms with E-state index in [4.69, 9.17) is 32.7 Å². The number of ether oxygens (including phenoxy) is 2. The highest BCUT2D eigenvalue weighted by Crippen LogP contribution is 2.29. The van der Waals surface area contributed by atoms with Gasteiger partial charge < -0.3 is 14.9 Å². The van der Waals surface area contributed by atoms with E-state index in [0.29, 0.717) is 33.7 Å². The third-order valence-corrected chi connectivity index (χ3v) is 5.04. The number of halogens is 2. The topological polar surface area (TPSA) is 66.6 Å². The maximum Gasteiger partial charge on any atom is 0.161 e. The van der Waals surface area contributed by atoms with Crippen LogP contribution in [0.1, 0.15) is 22.3 Å². The molecule has 152 valence electrons. The van der Waals surface area contributed by atoms with Crippen LogP contribution in [0.4, 0.5) is 0 Å². The predicted octanol–water partition coefficient (Wildman–Crippen LogP) is 5.58. The van der Waals surface area contributed by atoms with Crippen LogP contribution in [0.25, 0.3) is 0 Å². The lowest BCUT2D eigenvalue weighted by atomic mass is 10.1. The van der Waals surface area contributed by atoms with E-state index in [9.17, 15) is 5.26 Å². The lowest BCUT2D eigenvalue weighted by Crippen LogP contribution is -2.06. The largest absolute Gasteiger partial charge is 0.493 e. The maximum absolute atomic E-state index is 9.19. The zero-order valence-corrected chi connectivity index (χ0v) is 17.7. The van der Waals surface area contributed by atoms with Crippen molar-refractivity contribution in [1.82, 2.24) is 5.43 Å². The number of nitriles is 1. The maximum atomic E-state index is 9.19.